The van der Waals surface area contributed by atoms with Crippen LogP contribution >= 0.6 is 0 Å². The highest BCUT2D eigenvalue weighted by Gasteiger charge is 2.37. The third-order valence-electron chi connectivity index (χ3n) is 6.43. The summed E-state index contributed by atoms with van der Waals surface area (Å²) < 4.78 is 6.04. The summed E-state index contributed by atoms with van der Waals surface area (Å²) in [6, 6.07) is 30.8. The number of carbonyl (C=O) groups excluding carboxylic acids is 2. The largest absolute Gasteiger partial charge is 0.457 e. The molecule has 1 heterocycles. The monoisotopic (exact) mass is 447 g/mol. The maximum Gasteiger partial charge on any atom is 0.266 e. The van der Waals surface area contributed by atoms with Gasteiger partial charge in [0, 0.05) is 5.41 Å². The normalized spacial score (nSPS) is 13.2. The van der Waals surface area contributed by atoms with Crippen LogP contribution < -0.4 is 9.64 Å². The number of benzene rings is 4. The molecule has 0 spiro atoms. The minimum Gasteiger partial charge on any atom is -0.457 e. The first kappa shape index (κ1) is 21.7. The Morgan fingerprint density at radius 3 is 2.00 bits per heavy atom. The standard InChI is InChI=1S/C30H25NO3/c1-20-8-7-11-23(18-20)31-28(32)26-17-16-25(19-27(26)29(31)33)34-24-14-12-22(13-15-24)30(2,3)21-9-5-4-6-10-21/h4-19H,1-3H3. The van der Waals surface area contributed by atoms with Gasteiger partial charge in [-0.1, -0.05) is 68.4 Å². The lowest BCUT2D eigenvalue weighted by molar-refractivity contribution is 0.0926. The van der Waals surface area contributed by atoms with Crippen LogP contribution in [-0.2, 0) is 5.41 Å². The zero-order valence-corrected chi connectivity index (χ0v) is 19.4. The van der Waals surface area contributed by atoms with E-state index in [1.165, 1.54) is 16.0 Å². The van der Waals surface area contributed by atoms with Gasteiger partial charge in [0.2, 0.25) is 0 Å². The molecule has 0 unspecified atom stereocenters. The minimum atomic E-state index is -0.337. The van der Waals surface area contributed by atoms with E-state index in [2.05, 4.69) is 50.2 Å². The van der Waals surface area contributed by atoms with Gasteiger partial charge in [0.05, 0.1) is 16.8 Å². The first-order valence-electron chi connectivity index (χ1n) is 11.3. The van der Waals surface area contributed by atoms with Gasteiger partial charge in [0.25, 0.3) is 11.8 Å². The quantitative estimate of drug-likeness (QED) is 0.312. The van der Waals surface area contributed by atoms with Crippen LogP contribution in [0.25, 0.3) is 0 Å². The highest BCUT2D eigenvalue weighted by atomic mass is 16.5. The van der Waals surface area contributed by atoms with E-state index in [1.54, 1.807) is 24.3 Å². The molecule has 0 bridgehead atoms. The van der Waals surface area contributed by atoms with Gasteiger partial charge in [-0.2, -0.15) is 0 Å². The van der Waals surface area contributed by atoms with E-state index in [9.17, 15) is 9.59 Å². The molecule has 4 aromatic rings. The molecule has 34 heavy (non-hydrogen) atoms. The second-order valence-electron chi connectivity index (χ2n) is 9.11. The Morgan fingerprint density at radius 2 is 1.29 bits per heavy atom. The zero-order valence-electron chi connectivity index (χ0n) is 19.4. The number of anilines is 1. The molecule has 1 aliphatic heterocycles. The van der Waals surface area contributed by atoms with E-state index in [1.807, 2.05) is 43.3 Å². The summed E-state index contributed by atoms with van der Waals surface area (Å²) in [6.07, 6.45) is 0. The molecular formula is C30H25NO3. The summed E-state index contributed by atoms with van der Waals surface area (Å²) in [5.41, 5.74) is 4.57. The number of carbonyl (C=O) groups is 2. The van der Waals surface area contributed by atoms with Crippen LogP contribution in [0.3, 0.4) is 0 Å². The number of hydrogen-bond donors (Lipinski definition) is 0. The Hall–Kier alpha value is -4.18. The van der Waals surface area contributed by atoms with Crippen molar-refractivity contribution < 1.29 is 14.3 Å². The van der Waals surface area contributed by atoms with Gasteiger partial charge in [0.1, 0.15) is 11.5 Å². The first-order valence-corrected chi connectivity index (χ1v) is 11.3. The van der Waals surface area contributed by atoms with E-state index in [4.69, 9.17) is 4.74 Å². The van der Waals surface area contributed by atoms with Crippen molar-refractivity contribution in [1.29, 1.82) is 0 Å². The predicted octanol–water partition coefficient (Wildman–Crippen LogP) is 6.91. The van der Waals surface area contributed by atoms with Crippen LogP contribution in [0.15, 0.2) is 97.1 Å². The molecule has 0 atom stereocenters. The van der Waals surface area contributed by atoms with Crippen LogP contribution in [0.4, 0.5) is 5.69 Å². The zero-order chi connectivity index (χ0) is 23.9. The summed E-state index contributed by atoms with van der Waals surface area (Å²) in [5, 5.41) is 0. The van der Waals surface area contributed by atoms with Crippen LogP contribution in [0.2, 0.25) is 0 Å². The van der Waals surface area contributed by atoms with Crippen molar-refractivity contribution in [1.82, 2.24) is 0 Å². The van der Waals surface area contributed by atoms with Crippen LogP contribution in [-0.4, -0.2) is 11.8 Å². The van der Waals surface area contributed by atoms with Crippen molar-refractivity contribution in [3.8, 4) is 11.5 Å². The molecule has 2 amide bonds. The summed E-state index contributed by atoms with van der Waals surface area (Å²) in [7, 11) is 0. The molecule has 0 radical (unpaired) electrons. The van der Waals surface area contributed by atoms with Gasteiger partial charge >= 0.3 is 0 Å². The molecule has 0 aliphatic carbocycles. The SMILES string of the molecule is Cc1cccc(N2C(=O)c3ccc(Oc4ccc(C(C)(C)c5ccccc5)cc4)cc3C2=O)c1. The van der Waals surface area contributed by atoms with E-state index < -0.39 is 0 Å². The fraction of sp³-hybridized carbons (Fsp3) is 0.133. The summed E-state index contributed by atoms with van der Waals surface area (Å²) in [5.74, 6) is 0.529. The van der Waals surface area contributed by atoms with Crippen LogP contribution in [0.5, 0.6) is 11.5 Å². The molecule has 4 nitrogen and oxygen atoms in total. The summed E-state index contributed by atoms with van der Waals surface area (Å²) in [6.45, 7) is 6.32. The van der Waals surface area contributed by atoms with Crippen molar-refractivity contribution in [3.63, 3.8) is 0 Å². The lowest BCUT2D eigenvalue weighted by atomic mass is 9.78. The van der Waals surface area contributed by atoms with Gasteiger partial charge in [0.15, 0.2) is 0 Å². The molecule has 0 saturated carbocycles. The number of hydrogen-bond acceptors (Lipinski definition) is 3. The van der Waals surface area contributed by atoms with Crippen molar-refractivity contribution in [2.45, 2.75) is 26.2 Å². The van der Waals surface area contributed by atoms with Gasteiger partial charge in [-0.15, -0.1) is 0 Å². The molecule has 168 valence electrons. The highest BCUT2D eigenvalue weighted by molar-refractivity contribution is 6.34. The number of rotatable bonds is 5. The Labute approximate surface area is 199 Å². The molecular weight excluding hydrogens is 422 g/mol. The van der Waals surface area contributed by atoms with Crippen molar-refractivity contribution in [3.05, 3.63) is 125 Å². The Balaban J connectivity index is 1.38. The lowest BCUT2D eigenvalue weighted by Crippen LogP contribution is -2.29. The molecule has 4 aromatic carbocycles. The number of fused-ring (bicyclic) bond motifs is 1. The number of amides is 2. The van der Waals surface area contributed by atoms with Gasteiger partial charge in [-0.25, -0.2) is 4.90 Å². The molecule has 0 saturated heterocycles. The third kappa shape index (κ3) is 3.77. The maximum atomic E-state index is 13.1. The van der Waals surface area contributed by atoms with E-state index >= 15 is 0 Å². The summed E-state index contributed by atoms with van der Waals surface area (Å²) in [4.78, 5) is 27.2. The van der Waals surface area contributed by atoms with Crippen molar-refractivity contribution in [2.75, 3.05) is 4.90 Å². The maximum absolute atomic E-state index is 13.1. The van der Waals surface area contributed by atoms with E-state index in [0.29, 0.717) is 28.3 Å². The predicted molar refractivity (Wildman–Crippen MR) is 134 cm³/mol. The fourth-order valence-electron chi connectivity index (χ4n) is 4.38. The smallest absolute Gasteiger partial charge is 0.266 e. The minimum absolute atomic E-state index is 0.139. The summed E-state index contributed by atoms with van der Waals surface area (Å²) >= 11 is 0. The molecule has 1 aliphatic rings. The number of nitrogens with zero attached hydrogens (tertiary/aromatic N) is 1. The number of ether oxygens (including phenoxy) is 1. The molecule has 4 heteroatoms. The van der Waals surface area contributed by atoms with Crippen molar-refractivity contribution >= 4 is 17.5 Å². The second kappa shape index (κ2) is 8.31. The fourth-order valence-corrected chi connectivity index (χ4v) is 4.38. The Morgan fingerprint density at radius 1 is 0.647 bits per heavy atom. The number of aryl methyl sites for hydroxylation is 1. The van der Waals surface area contributed by atoms with Crippen molar-refractivity contribution in [2.24, 2.45) is 0 Å². The lowest BCUT2D eigenvalue weighted by Gasteiger charge is -2.26. The van der Waals surface area contributed by atoms with Gasteiger partial charge < -0.3 is 4.74 Å². The Bertz CT molecular complexity index is 1390. The van der Waals surface area contributed by atoms with Gasteiger partial charge in [-0.3, -0.25) is 9.59 Å². The van der Waals surface area contributed by atoms with Crippen LogP contribution in [0, 0.1) is 6.92 Å². The van der Waals surface area contributed by atoms with E-state index in [0.717, 1.165) is 5.56 Å². The molecule has 0 fully saturated rings. The van der Waals surface area contributed by atoms with E-state index in [-0.39, 0.29) is 17.2 Å². The first-order chi connectivity index (χ1) is 16.3. The van der Waals surface area contributed by atoms with Gasteiger partial charge in [-0.05, 0) is 66.1 Å². The Kier molecular flexibility index (Phi) is 5.29. The average molecular weight is 448 g/mol. The topological polar surface area (TPSA) is 46.6 Å². The van der Waals surface area contributed by atoms with Crippen LogP contribution in [0.1, 0.15) is 51.3 Å². The number of imide groups is 1. The average Bonchev–Trinajstić information content (AvgIpc) is 3.09. The third-order valence-corrected chi connectivity index (χ3v) is 6.43. The molecule has 0 N–H and O–H groups in total. The molecule has 5 rings (SSSR count). The highest BCUT2D eigenvalue weighted by Crippen LogP contribution is 2.35. The molecule has 0 aromatic heterocycles. The second-order valence-corrected chi connectivity index (χ2v) is 9.11.